The second kappa shape index (κ2) is 13.0. The fourth-order valence-corrected chi connectivity index (χ4v) is 6.93. The van der Waals surface area contributed by atoms with Gasteiger partial charge in [0.25, 0.3) is 5.91 Å². The molecule has 5 rings (SSSR count). The predicted molar refractivity (Wildman–Crippen MR) is 173 cm³/mol. The first kappa shape index (κ1) is 33.9. The summed E-state index contributed by atoms with van der Waals surface area (Å²) in [6.07, 6.45) is 3.42. The number of nitrogens with zero attached hydrogens (tertiary/aromatic N) is 2. The molecule has 250 valence electrons. The average molecular weight is 656 g/mol. The van der Waals surface area contributed by atoms with Crippen LogP contribution in [0.15, 0.2) is 29.4 Å². The summed E-state index contributed by atoms with van der Waals surface area (Å²) in [6.45, 7) is 9.86. The lowest BCUT2D eigenvalue weighted by Crippen LogP contribution is -2.59. The Morgan fingerprint density at radius 3 is 2.41 bits per heavy atom. The van der Waals surface area contributed by atoms with Crippen molar-refractivity contribution in [3.8, 4) is 0 Å². The quantitative estimate of drug-likeness (QED) is 0.312. The molecule has 1 spiro atoms. The van der Waals surface area contributed by atoms with Gasteiger partial charge in [0, 0.05) is 36.4 Å². The van der Waals surface area contributed by atoms with Crippen LogP contribution in [0.5, 0.6) is 0 Å². The number of Topliss-reactive ketones (excluding diaryl/α,β-unsaturated/α-hetero) is 1. The number of hydrogen-bond acceptors (Lipinski definition) is 7. The third-order valence-corrected chi connectivity index (χ3v) is 10.0. The zero-order chi connectivity index (χ0) is 33.6. The van der Waals surface area contributed by atoms with Gasteiger partial charge in [0.05, 0.1) is 18.3 Å². The van der Waals surface area contributed by atoms with Crippen LogP contribution >= 0.6 is 11.6 Å². The first-order chi connectivity index (χ1) is 21.6. The summed E-state index contributed by atoms with van der Waals surface area (Å²) in [6, 6.07) is 4.28. The summed E-state index contributed by atoms with van der Waals surface area (Å²) in [7, 11) is 1.37. The normalized spacial score (nSPS) is 26.7. The van der Waals surface area contributed by atoms with E-state index in [1.807, 2.05) is 32.9 Å². The topological polar surface area (TPSA) is 146 Å². The Morgan fingerprint density at radius 2 is 1.83 bits per heavy atom. The van der Waals surface area contributed by atoms with E-state index in [1.165, 1.54) is 11.9 Å². The molecular weight excluding hydrogens is 610 g/mol. The number of benzene rings is 1. The molecule has 6 atom stereocenters. The maximum atomic E-state index is 14.5. The Bertz CT molecular complexity index is 1430. The molecule has 2 saturated carbocycles. The van der Waals surface area contributed by atoms with Crippen LogP contribution in [0.3, 0.4) is 0 Å². The summed E-state index contributed by atoms with van der Waals surface area (Å²) in [5.41, 5.74) is -0.252. The number of rotatable bonds is 11. The fraction of sp³-hybridized carbons (Fsp3) is 0.647. The summed E-state index contributed by atoms with van der Waals surface area (Å²) in [5.74, 6) is -1.88. The summed E-state index contributed by atoms with van der Waals surface area (Å²) >= 11 is 6.23. The van der Waals surface area contributed by atoms with E-state index in [-0.39, 0.29) is 36.6 Å². The summed E-state index contributed by atoms with van der Waals surface area (Å²) in [5, 5.41) is 13.1. The van der Waals surface area contributed by atoms with E-state index in [1.54, 1.807) is 12.1 Å². The minimum atomic E-state index is -1.02. The minimum absolute atomic E-state index is 0.0503. The van der Waals surface area contributed by atoms with Gasteiger partial charge in [-0.3, -0.25) is 24.0 Å². The second-order valence-corrected chi connectivity index (χ2v) is 15.4. The Kier molecular flexibility index (Phi) is 9.55. The Labute approximate surface area is 275 Å². The zero-order valence-corrected chi connectivity index (χ0v) is 28.3. The van der Waals surface area contributed by atoms with Gasteiger partial charge in [0.2, 0.25) is 23.5 Å². The van der Waals surface area contributed by atoms with Crippen molar-refractivity contribution in [3.63, 3.8) is 0 Å². The standard InChI is InChI=1S/C34H46ClN5O6/c1-18(2)22-14-23(22)29(42)38-28(33(3,4)5)32(45)40-17-34(15-25(39-46-34)20-8-7-9-21(35)13-20)16-26(40)30(43)37-24(12-19-10-11-19)27(41)31(44)36-6/h7-9,13,18-19,22-24,26,28H,10-12,14-17H2,1-6H3,(H,36,44)(H,37,43)(H,38,42)/t22-,23+,24-,26-,28+,34+/m0/s1. The Morgan fingerprint density at radius 1 is 1.11 bits per heavy atom. The Balaban J connectivity index is 1.41. The smallest absolute Gasteiger partial charge is 0.289 e. The summed E-state index contributed by atoms with van der Waals surface area (Å²) in [4.78, 5) is 74.7. The van der Waals surface area contributed by atoms with Crippen molar-refractivity contribution in [2.75, 3.05) is 13.6 Å². The van der Waals surface area contributed by atoms with E-state index in [2.05, 4.69) is 35.0 Å². The molecule has 2 aliphatic carbocycles. The molecule has 1 saturated heterocycles. The number of likely N-dealkylation sites (N-methyl/N-ethyl adjacent to an activating group) is 1. The fourth-order valence-electron chi connectivity index (χ4n) is 6.74. The number of likely N-dealkylation sites (tertiary alicyclic amines) is 1. The van der Waals surface area contributed by atoms with Crippen molar-refractivity contribution in [1.82, 2.24) is 20.9 Å². The molecule has 46 heavy (non-hydrogen) atoms. The van der Waals surface area contributed by atoms with E-state index in [0.29, 0.717) is 29.5 Å². The molecule has 2 aliphatic heterocycles. The highest BCUT2D eigenvalue weighted by Gasteiger charge is 2.56. The zero-order valence-electron chi connectivity index (χ0n) is 27.5. The SMILES string of the molecule is CNC(=O)C(=O)[C@H](CC1CC1)NC(=O)[C@@H]1C[C@]2(CC(c3cccc(Cl)c3)=NO2)CN1C(=O)[C@@H](NC(=O)[C@@H]1C[C@H]1C(C)C)C(C)(C)C. The van der Waals surface area contributed by atoms with Gasteiger partial charge in [-0.15, -0.1) is 0 Å². The molecule has 4 amide bonds. The molecule has 1 aromatic rings. The first-order valence-electron chi connectivity index (χ1n) is 16.3. The van der Waals surface area contributed by atoms with Crippen molar-refractivity contribution < 1.29 is 28.8 Å². The van der Waals surface area contributed by atoms with Gasteiger partial charge in [-0.05, 0) is 48.1 Å². The van der Waals surface area contributed by atoms with Gasteiger partial charge in [-0.25, -0.2) is 0 Å². The summed E-state index contributed by atoms with van der Waals surface area (Å²) < 4.78 is 0. The van der Waals surface area contributed by atoms with Crippen molar-refractivity contribution in [2.24, 2.45) is 34.2 Å². The largest absolute Gasteiger partial charge is 0.387 e. The van der Waals surface area contributed by atoms with Crippen LogP contribution in [0.2, 0.25) is 5.02 Å². The molecule has 1 aromatic carbocycles. The maximum absolute atomic E-state index is 14.5. The van der Waals surface area contributed by atoms with E-state index >= 15 is 0 Å². The average Bonchev–Trinajstić information content (AvgIpc) is 3.92. The maximum Gasteiger partial charge on any atom is 0.289 e. The number of hydrogen-bond donors (Lipinski definition) is 3. The molecule has 0 unspecified atom stereocenters. The Hall–Kier alpha value is -3.47. The first-order valence-corrected chi connectivity index (χ1v) is 16.7. The van der Waals surface area contributed by atoms with E-state index < -0.39 is 52.6 Å². The van der Waals surface area contributed by atoms with Crippen molar-refractivity contribution in [2.45, 2.75) is 96.9 Å². The third-order valence-electron chi connectivity index (χ3n) is 9.76. The second-order valence-electron chi connectivity index (χ2n) is 14.9. The lowest BCUT2D eigenvalue weighted by Gasteiger charge is -2.35. The van der Waals surface area contributed by atoms with Gasteiger partial charge in [0.15, 0.2) is 5.60 Å². The van der Waals surface area contributed by atoms with E-state index in [4.69, 9.17) is 16.4 Å². The van der Waals surface area contributed by atoms with Crippen LogP contribution in [-0.4, -0.2) is 77.3 Å². The lowest BCUT2D eigenvalue weighted by molar-refractivity contribution is -0.145. The van der Waals surface area contributed by atoms with Crippen LogP contribution in [0.25, 0.3) is 0 Å². The molecule has 0 bridgehead atoms. The number of ketones is 1. The predicted octanol–water partition coefficient (Wildman–Crippen LogP) is 3.23. The monoisotopic (exact) mass is 655 g/mol. The van der Waals surface area contributed by atoms with Crippen LogP contribution in [0.4, 0.5) is 0 Å². The number of nitrogens with one attached hydrogen (secondary N) is 3. The molecule has 0 radical (unpaired) electrons. The van der Waals surface area contributed by atoms with Crippen molar-refractivity contribution in [3.05, 3.63) is 34.9 Å². The molecule has 3 fully saturated rings. The molecular formula is C34H46ClN5O6. The van der Waals surface area contributed by atoms with Gasteiger partial charge in [-0.1, -0.05) is 76.3 Å². The molecule has 3 N–H and O–H groups in total. The number of amides is 4. The van der Waals surface area contributed by atoms with Gasteiger partial charge in [-0.2, -0.15) is 0 Å². The number of carbonyl (C=O) groups excluding carboxylic acids is 5. The number of carbonyl (C=O) groups is 5. The van der Waals surface area contributed by atoms with Gasteiger partial charge in [0.1, 0.15) is 12.1 Å². The van der Waals surface area contributed by atoms with Crippen LogP contribution in [0, 0.1) is 29.1 Å². The van der Waals surface area contributed by atoms with Gasteiger partial charge < -0.3 is 25.7 Å². The van der Waals surface area contributed by atoms with Crippen LogP contribution < -0.4 is 16.0 Å². The molecule has 0 aromatic heterocycles. The van der Waals surface area contributed by atoms with Crippen LogP contribution in [-0.2, 0) is 28.8 Å². The van der Waals surface area contributed by atoms with Crippen molar-refractivity contribution in [1.29, 1.82) is 0 Å². The minimum Gasteiger partial charge on any atom is -0.387 e. The lowest BCUT2D eigenvalue weighted by atomic mass is 9.85. The third kappa shape index (κ3) is 7.40. The molecule has 11 nitrogen and oxygen atoms in total. The van der Waals surface area contributed by atoms with Gasteiger partial charge >= 0.3 is 0 Å². The highest BCUT2D eigenvalue weighted by Crippen LogP contribution is 2.45. The van der Waals surface area contributed by atoms with E-state index in [0.717, 1.165) is 24.8 Å². The van der Waals surface area contributed by atoms with E-state index in [9.17, 15) is 24.0 Å². The number of halogens is 1. The highest BCUT2D eigenvalue weighted by atomic mass is 35.5. The van der Waals surface area contributed by atoms with Crippen molar-refractivity contribution >= 4 is 46.7 Å². The number of oxime groups is 1. The highest BCUT2D eigenvalue weighted by molar-refractivity contribution is 6.38. The molecule has 12 heteroatoms. The molecule has 2 heterocycles. The molecule has 4 aliphatic rings. The van der Waals surface area contributed by atoms with Crippen LogP contribution in [0.1, 0.15) is 78.7 Å².